The van der Waals surface area contributed by atoms with Crippen LogP contribution < -0.4 is 10.1 Å². The highest BCUT2D eigenvalue weighted by Crippen LogP contribution is 2.20. The minimum absolute atomic E-state index is 0.0380. The van der Waals surface area contributed by atoms with Gasteiger partial charge in [-0.3, -0.25) is 4.79 Å². The molecule has 78 valence electrons. The number of methoxy groups -OCH3 is 1. The molecule has 1 aromatic rings. The Balaban J connectivity index is 2.79. The molecular weight excluding hydrogens is 199 g/mol. The van der Waals surface area contributed by atoms with E-state index in [0.717, 1.165) is 6.07 Å². The van der Waals surface area contributed by atoms with Gasteiger partial charge in [0.2, 0.25) is 5.91 Å². The fraction of sp³-hybridized carbons (Fsp3) is 0.200. The number of halogens is 1. The predicted molar refractivity (Wildman–Crippen MR) is 51.8 cm³/mol. The van der Waals surface area contributed by atoms with Crippen molar-refractivity contribution in [3.8, 4) is 11.8 Å². The second-order valence-corrected chi connectivity index (χ2v) is 2.73. The number of nitrogens with zero attached hydrogens (tertiary/aromatic N) is 1. The molecular formula is C10H9FN2O2. The van der Waals surface area contributed by atoms with Gasteiger partial charge in [0.05, 0.1) is 18.9 Å². The van der Waals surface area contributed by atoms with Crippen molar-refractivity contribution in [1.29, 1.82) is 5.26 Å². The molecule has 0 atom stereocenters. The van der Waals surface area contributed by atoms with Crippen LogP contribution in [-0.2, 0) is 4.79 Å². The van der Waals surface area contributed by atoms with Crippen LogP contribution in [-0.4, -0.2) is 13.0 Å². The molecule has 0 saturated heterocycles. The third-order valence-corrected chi connectivity index (χ3v) is 1.69. The van der Waals surface area contributed by atoms with Crippen LogP contribution in [0.3, 0.4) is 0 Å². The van der Waals surface area contributed by atoms with Gasteiger partial charge in [-0.15, -0.1) is 0 Å². The Hall–Kier alpha value is -2.09. The van der Waals surface area contributed by atoms with Gasteiger partial charge in [-0.05, 0) is 12.1 Å². The maximum absolute atomic E-state index is 13.3. The minimum Gasteiger partial charge on any atom is -0.497 e. The van der Waals surface area contributed by atoms with E-state index >= 15 is 0 Å². The molecule has 0 heterocycles. The Labute approximate surface area is 86.3 Å². The molecule has 0 saturated carbocycles. The number of hydrogen-bond donors (Lipinski definition) is 1. The number of carbonyl (C=O) groups is 1. The van der Waals surface area contributed by atoms with Crippen LogP contribution in [0.2, 0.25) is 0 Å². The third kappa shape index (κ3) is 2.95. The standard InChI is InChI=1S/C10H9FN2O2/c1-15-7-2-3-9(8(11)6-7)13-10(14)4-5-12/h2-3,6H,4H2,1H3,(H,13,14). The second kappa shape index (κ2) is 4.96. The van der Waals surface area contributed by atoms with E-state index in [-0.39, 0.29) is 12.1 Å². The number of carbonyl (C=O) groups excluding carboxylic acids is 1. The van der Waals surface area contributed by atoms with Crippen LogP contribution in [0.4, 0.5) is 10.1 Å². The maximum atomic E-state index is 13.3. The van der Waals surface area contributed by atoms with Gasteiger partial charge in [-0.2, -0.15) is 5.26 Å². The predicted octanol–water partition coefficient (Wildman–Crippen LogP) is 1.69. The molecule has 5 heteroatoms. The first-order valence-corrected chi connectivity index (χ1v) is 4.17. The van der Waals surface area contributed by atoms with E-state index in [4.69, 9.17) is 10.00 Å². The molecule has 1 aromatic carbocycles. The zero-order chi connectivity index (χ0) is 11.3. The van der Waals surface area contributed by atoms with E-state index in [1.54, 1.807) is 6.07 Å². The van der Waals surface area contributed by atoms with Crippen LogP contribution >= 0.6 is 0 Å². The van der Waals surface area contributed by atoms with Gasteiger partial charge in [0.15, 0.2) is 0 Å². The molecule has 0 radical (unpaired) electrons. The van der Waals surface area contributed by atoms with Crippen molar-refractivity contribution in [3.63, 3.8) is 0 Å². The van der Waals surface area contributed by atoms with E-state index < -0.39 is 11.7 Å². The molecule has 1 N–H and O–H groups in total. The lowest BCUT2D eigenvalue weighted by Gasteiger charge is -2.05. The molecule has 0 aliphatic carbocycles. The summed E-state index contributed by atoms with van der Waals surface area (Å²) in [6.45, 7) is 0. The second-order valence-electron chi connectivity index (χ2n) is 2.73. The van der Waals surface area contributed by atoms with Crippen molar-refractivity contribution >= 4 is 11.6 Å². The molecule has 1 amide bonds. The lowest BCUT2D eigenvalue weighted by atomic mass is 10.2. The Morgan fingerprint density at radius 1 is 1.67 bits per heavy atom. The molecule has 0 spiro atoms. The van der Waals surface area contributed by atoms with Crippen molar-refractivity contribution in [2.75, 3.05) is 12.4 Å². The first-order chi connectivity index (χ1) is 7.17. The number of hydrogen-bond acceptors (Lipinski definition) is 3. The topological polar surface area (TPSA) is 62.1 Å². The smallest absolute Gasteiger partial charge is 0.238 e. The fourth-order valence-electron chi connectivity index (χ4n) is 0.990. The summed E-state index contributed by atoms with van der Waals surface area (Å²) < 4.78 is 18.1. The zero-order valence-electron chi connectivity index (χ0n) is 8.08. The van der Waals surface area contributed by atoms with Gasteiger partial charge in [-0.25, -0.2) is 4.39 Å². The average molecular weight is 208 g/mol. The molecule has 4 nitrogen and oxygen atoms in total. The van der Waals surface area contributed by atoms with Gasteiger partial charge in [0, 0.05) is 6.07 Å². The van der Waals surface area contributed by atoms with Crippen molar-refractivity contribution < 1.29 is 13.9 Å². The highest BCUT2D eigenvalue weighted by molar-refractivity contribution is 5.92. The quantitative estimate of drug-likeness (QED) is 0.822. The van der Waals surface area contributed by atoms with E-state index in [1.165, 1.54) is 19.2 Å². The average Bonchev–Trinajstić information content (AvgIpc) is 2.21. The number of rotatable bonds is 3. The Bertz CT molecular complexity index is 412. The highest BCUT2D eigenvalue weighted by Gasteiger charge is 2.07. The number of benzene rings is 1. The first-order valence-electron chi connectivity index (χ1n) is 4.17. The number of amides is 1. The summed E-state index contributed by atoms with van der Waals surface area (Å²) in [5.41, 5.74) is 0.0380. The van der Waals surface area contributed by atoms with E-state index in [0.29, 0.717) is 5.75 Å². The van der Waals surface area contributed by atoms with Crippen molar-refractivity contribution in [2.24, 2.45) is 0 Å². The van der Waals surface area contributed by atoms with Gasteiger partial charge in [0.25, 0.3) is 0 Å². The molecule has 0 aliphatic heterocycles. The summed E-state index contributed by atoms with van der Waals surface area (Å²) in [7, 11) is 1.42. The minimum atomic E-state index is -0.597. The lowest BCUT2D eigenvalue weighted by molar-refractivity contribution is -0.115. The summed E-state index contributed by atoms with van der Waals surface area (Å²) in [5.74, 6) is -0.770. The molecule has 15 heavy (non-hydrogen) atoms. The van der Waals surface area contributed by atoms with Crippen molar-refractivity contribution in [1.82, 2.24) is 0 Å². The van der Waals surface area contributed by atoms with Crippen LogP contribution in [0.25, 0.3) is 0 Å². The van der Waals surface area contributed by atoms with Gasteiger partial charge < -0.3 is 10.1 Å². The molecule has 0 fully saturated rings. The van der Waals surface area contributed by atoms with Gasteiger partial charge in [-0.1, -0.05) is 0 Å². The third-order valence-electron chi connectivity index (χ3n) is 1.69. The molecule has 1 rings (SSSR count). The summed E-state index contributed by atoms with van der Waals surface area (Å²) in [6.07, 6.45) is -0.300. The summed E-state index contributed by atoms with van der Waals surface area (Å²) in [6, 6.07) is 5.72. The van der Waals surface area contributed by atoms with Gasteiger partial charge in [0.1, 0.15) is 18.0 Å². The van der Waals surface area contributed by atoms with E-state index in [9.17, 15) is 9.18 Å². The van der Waals surface area contributed by atoms with Crippen molar-refractivity contribution in [3.05, 3.63) is 24.0 Å². The zero-order valence-corrected chi connectivity index (χ0v) is 8.08. The van der Waals surface area contributed by atoms with Crippen molar-refractivity contribution in [2.45, 2.75) is 6.42 Å². The SMILES string of the molecule is COc1ccc(NC(=O)CC#N)c(F)c1. The number of nitrogens with one attached hydrogen (secondary N) is 1. The van der Waals surface area contributed by atoms with Crippen LogP contribution in [0.15, 0.2) is 18.2 Å². The molecule has 0 aromatic heterocycles. The number of ether oxygens (including phenoxy) is 1. The summed E-state index contributed by atoms with van der Waals surface area (Å²) in [4.78, 5) is 11.0. The van der Waals surface area contributed by atoms with Crippen LogP contribution in [0.5, 0.6) is 5.75 Å². The fourth-order valence-corrected chi connectivity index (χ4v) is 0.990. The van der Waals surface area contributed by atoms with E-state index in [1.807, 2.05) is 0 Å². The first kappa shape index (κ1) is 11.0. The maximum Gasteiger partial charge on any atom is 0.238 e. The molecule has 0 aliphatic rings. The lowest BCUT2D eigenvalue weighted by Crippen LogP contribution is -2.11. The Morgan fingerprint density at radius 2 is 2.40 bits per heavy atom. The number of anilines is 1. The van der Waals surface area contributed by atoms with Gasteiger partial charge >= 0.3 is 0 Å². The number of nitriles is 1. The monoisotopic (exact) mass is 208 g/mol. The summed E-state index contributed by atoms with van der Waals surface area (Å²) in [5, 5.41) is 10.5. The molecule has 0 unspecified atom stereocenters. The van der Waals surface area contributed by atoms with Crippen LogP contribution in [0.1, 0.15) is 6.42 Å². The highest BCUT2D eigenvalue weighted by atomic mass is 19.1. The Kier molecular flexibility index (Phi) is 3.63. The molecule has 0 bridgehead atoms. The summed E-state index contributed by atoms with van der Waals surface area (Å²) >= 11 is 0. The van der Waals surface area contributed by atoms with E-state index in [2.05, 4.69) is 5.32 Å². The largest absolute Gasteiger partial charge is 0.497 e. The van der Waals surface area contributed by atoms with Crippen LogP contribution in [0, 0.1) is 17.1 Å². The Morgan fingerprint density at radius 3 is 2.93 bits per heavy atom. The normalized spacial score (nSPS) is 9.13.